The van der Waals surface area contributed by atoms with Crippen LogP contribution in [0.1, 0.15) is 101 Å². The highest BCUT2D eigenvalue weighted by atomic mass is 16.4. The highest BCUT2D eigenvalue weighted by molar-refractivity contribution is 5.95. The van der Waals surface area contributed by atoms with Gasteiger partial charge in [0.15, 0.2) is 0 Å². The van der Waals surface area contributed by atoms with E-state index in [1.807, 2.05) is 13.8 Å². The molecule has 1 aromatic heterocycles. The highest BCUT2D eigenvalue weighted by Gasteiger charge is 2.41. The summed E-state index contributed by atoms with van der Waals surface area (Å²) in [7, 11) is 0. The Bertz CT molecular complexity index is 659. The maximum absolute atomic E-state index is 13.1. The lowest BCUT2D eigenvalue weighted by Gasteiger charge is -2.41. The first-order chi connectivity index (χ1) is 14.0. The zero-order valence-electron chi connectivity index (χ0n) is 17.8. The number of carbonyl (C=O) groups is 2. The highest BCUT2D eigenvalue weighted by Crippen LogP contribution is 2.41. The van der Waals surface area contributed by atoms with E-state index in [-0.39, 0.29) is 17.9 Å². The van der Waals surface area contributed by atoms with Crippen molar-refractivity contribution in [3.8, 4) is 0 Å². The molecule has 2 aliphatic carbocycles. The molecule has 162 valence electrons. The molecule has 2 N–H and O–H groups in total. The molecule has 0 radical (unpaired) electrons. The number of rotatable bonds is 8. The molecule has 0 aliphatic heterocycles. The minimum absolute atomic E-state index is 0.00461. The first-order valence-corrected chi connectivity index (χ1v) is 11.5. The van der Waals surface area contributed by atoms with Gasteiger partial charge in [0.2, 0.25) is 0 Å². The Balaban J connectivity index is 1.83. The molecule has 2 unspecified atom stereocenters. The van der Waals surface area contributed by atoms with Crippen molar-refractivity contribution in [3.63, 3.8) is 0 Å². The fourth-order valence-corrected chi connectivity index (χ4v) is 5.41. The van der Waals surface area contributed by atoms with Crippen molar-refractivity contribution >= 4 is 11.9 Å². The Morgan fingerprint density at radius 1 is 1.10 bits per heavy atom. The van der Waals surface area contributed by atoms with Gasteiger partial charge in [-0.3, -0.25) is 4.79 Å². The molecule has 0 spiro atoms. The normalized spacial score (nSPS) is 21.1. The van der Waals surface area contributed by atoms with Gasteiger partial charge in [-0.05, 0) is 31.1 Å². The van der Waals surface area contributed by atoms with Gasteiger partial charge in [0.1, 0.15) is 11.7 Å². The second-order valence-corrected chi connectivity index (χ2v) is 8.98. The average molecular weight is 405 g/mol. The van der Waals surface area contributed by atoms with Crippen LogP contribution in [0.3, 0.4) is 0 Å². The van der Waals surface area contributed by atoms with Crippen molar-refractivity contribution in [2.24, 2.45) is 17.8 Å². The molecule has 7 nitrogen and oxygen atoms in total. The Kier molecular flexibility index (Phi) is 7.67. The molecular formula is C22H36N4O3. The summed E-state index contributed by atoms with van der Waals surface area (Å²) in [5.41, 5.74) is 0.344. The quantitative estimate of drug-likeness (QED) is 0.676. The van der Waals surface area contributed by atoms with Crippen LogP contribution in [0.2, 0.25) is 0 Å². The van der Waals surface area contributed by atoms with Crippen LogP contribution in [0, 0.1) is 17.8 Å². The maximum atomic E-state index is 13.1. The minimum Gasteiger partial charge on any atom is -0.480 e. The molecule has 1 heterocycles. The van der Waals surface area contributed by atoms with Gasteiger partial charge in [-0.1, -0.05) is 76.3 Å². The molecule has 0 bridgehead atoms. The van der Waals surface area contributed by atoms with Gasteiger partial charge in [0.05, 0.1) is 12.2 Å². The van der Waals surface area contributed by atoms with E-state index in [9.17, 15) is 14.7 Å². The summed E-state index contributed by atoms with van der Waals surface area (Å²) in [6, 6.07) is -0.817. The maximum Gasteiger partial charge on any atom is 0.326 e. The van der Waals surface area contributed by atoms with Crippen LogP contribution in [0.4, 0.5) is 0 Å². The molecule has 2 atom stereocenters. The van der Waals surface area contributed by atoms with Gasteiger partial charge in [-0.15, -0.1) is 5.10 Å². The number of amides is 1. The third kappa shape index (κ3) is 5.17. The molecule has 2 fully saturated rings. The summed E-state index contributed by atoms with van der Waals surface area (Å²) >= 11 is 0. The van der Waals surface area contributed by atoms with Crippen molar-refractivity contribution < 1.29 is 14.7 Å². The smallest absolute Gasteiger partial charge is 0.326 e. The Morgan fingerprint density at radius 2 is 1.66 bits per heavy atom. The van der Waals surface area contributed by atoms with E-state index >= 15 is 0 Å². The number of aliphatic carboxylic acids is 1. The van der Waals surface area contributed by atoms with Crippen molar-refractivity contribution in [2.75, 3.05) is 0 Å². The minimum atomic E-state index is -0.915. The molecule has 7 heteroatoms. The number of carbonyl (C=O) groups excluding carboxylic acids is 1. The van der Waals surface area contributed by atoms with Crippen LogP contribution in [-0.4, -0.2) is 38.0 Å². The standard InChI is InChI=1S/C22H36N4O3/c1-3-15(2)26-18(14-23-25-26)21(27)24-20(22(28)29)19(16-10-6-4-7-11-16)17-12-8-5-9-13-17/h14-17,19-20H,3-13H2,1-2H3,(H,24,27)(H,28,29). The fourth-order valence-electron chi connectivity index (χ4n) is 5.41. The van der Waals surface area contributed by atoms with Gasteiger partial charge < -0.3 is 10.4 Å². The third-order valence-electron chi connectivity index (χ3n) is 7.14. The molecular weight excluding hydrogens is 368 g/mol. The second-order valence-electron chi connectivity index (χ2n) is 8.98. The van der Waals surface area contributed by atoms with Crippen molar-refractivity contribution in [1.29, 1.82) is 0 Å². The van der Waals surface area contributed by atoms with Gasteiger partial charge >= 0.3 is 5.97 Å². The van der Waals surface area contributed by atoms with Crippen LogP contribution in [0.15, 0.2) is 6.20 Å². The topological polar surface area (TPSA) is 97.1 Å². The van der Waals surface area contributed by atoms with E-state index in [0.717, 1.165) is 32.1 Å². The largest absolute Gasteiger partial charge is 0.480 e. The summed E-state index contributed by atoms with van der Waals surface area (Å²) in [6.45, 7) is 4.00. The number of carboxylic acid groups (broad SMARTS) is 1. The molecule has 2 saturated carbocycles. The average Bonchev–Trinajstić information content (AvgIpc) is 3.24. The Hall–Kier alpha value is -1.92. The predicted molar refractivity (Wildman–Crippen MR) is 111 cm³/mol. The van der Waals surface area contributed by atoms with E-state index < -0.39 is 12.0 Å². The number of nitrogens with zero attached hydrogens (tertiary/aromatic N) is 3. The lowest BCUT2D eigenvalue weighted by atomic mass is 9.66. The second kappa shape index (κ2) is 10.2. The van der Waals surface area contributed by atoms with Gasteiger partial charge in [-0.2, -0.15) is 0 Å². The van der Waals surface area contributed by atoms with Gasteiger partial charge in [0, 0.05) is 0 Å². The van der Waals surface area contributed by atoms with Crippen LogP contribution >= 0.6 is 0 Å². The van der Waals surface area contributed by atoms with Crippen molar-refractivity contribution in [2.45, 2.75) is 96.6 Å². The van der Waals surface area contributed by atoms with Crippen LogP contribution < -0.4 is 5.32 Å². The SMILES string of the molecule is CCC(C)n1nncc1C(=O)NC(C(=O)O)C(C1CCCCC1)C1CCCCC1. The molecule has 2 aliphatic rings. The van der Waals surface area contributed by atoms with E-state index in [1.165, 1.54) is 44.7 Å². The molecule has 1 amide bonds. The number of nitrogens with one attached hydrogen (secondary N) is 1. The third-order valence-corrected chi connectivity index (χ3v) is 7.14. The van der Waals surface area contributed by atoms with Crippen LogP contribution in [0.5, 0.6) is 0 Å². The zero-order chi connectivity index (χ0) is 20.8. The lowest BCUT2D eigenvalue weighted by Crippen LogP contribution is -2.51. The summed E-state index contributed by atoms with van der Waals surface area (Å²) in [6.07, 6.45) is 13.7. The number of hydrogen-bond donors (Lipinski definition) is 2. The van der Waals surface area contributed by atoms with Gasteiger partial charge in [0.25, 0.3) is 5.91 Å². The Morgan fingerprint density at radius 3 is 2.14 bits per heavy atom. The zero-order valence-corrected chi connectivity index (χ0v) is 17.8. The van der Waals surface area contributed by atoms with Crippen molar-refractivity contribution in [3.05, 3.63) is 11.9 Å². The Labute approximate surface area is 173 Å². The van der Waals surface area contributed by atoms with Gasteiger partial charge in [-0.25, -0.2) is 9.48 Å². The number of hydrogen-bond acceptors (Lipinski definition) is 4. The van der Waals surface area contributed by atoms with E-state index in [1.54, 1.807) is 4.68 Å². The number of aromatic nitrogens is 3. The number of carboxylic acids is 1. The molecule has 3 rings (SSSR count). The lowest BCUT2D eigenvalue weighted by molar-refractivity contribution is -0.142. The summed E-state index contributed by atoms with van der Waals surface area (Å²) in [5, 5.41) is 21.0. The summed E-state index contributed by atoms with van der Waals surface area (Å²) in [5.74, 6) is -0.525. The molecule has 0 saturated heterocycles. The molecule has 1 aromatic rings. The fraction of sp³-hybridized carbons (Fsp3) is 0.818. The predicted octanol–water partition coefficient (Wildman–Crippen LogP) is 4.21. The molecule has 29 heavy (non-hydrogen) atoms. The van der Waals surface area contributed by atoms with E-state index in [4.69, 9.17) is 0 Å². The monoisotopic (exact) mass is 404 g/mol. The summed E-state index contributed by atoms with van der Waals surface area (Å²) in [4.78, 5) is 25.4. The van der Waals surface area contributed by atoms with Crippen molar-refractivity contribution in [1.82, 2.24) is 20.3 Å². The molecule has 0 aromatic carbocycles. The van der Waals surface area contributed by atoms with E-state index in [2.05, 4.69) is 15.6 Å². The summed E-state index contributed by atoms with van der Waals surface area (Å²) < 4.78 is 1.60. The first kappa shape index (κ1) is 21.8. The van der Waals surface area contributed by atoms with Crippen LogP contribution in [-0.2, 0) is 4.79 Å². The van der Waals surface area contributed by atoms with E-state index in [0.29, 0.717) is 17.5 Å². The van der Waals surface area contributed by atoms with Crippen LogP contribution in [0.25, 0.3) is 0 Å². The first-order valence-electron chi connectivity index (χ1n) is 11.5.